The second-order valence-electron chi connectivity index (χ2n) is 8.15. The number of carbonyl (C=O) groups excluding carboxylic acids is 1. The van der Waals surface area contributed by atoms with Gasteiger partial charge in [-0.25, -0.2) is 14.8 Å². The Labute approximate surface area is 185 Å². The van der Waals surface area contributed by atoms with E-state index >= 15 is 0 Å². The van der Waals surface area contributed by atoms with Gasteiger partial charge < -0.3 is 36.1 Å². The fraction of sp³-hybridized carbons (Fsp3) is 0.526. The maximum atomic E-state index is 12.9. The Kier molecular flexibility index (Phi) is 4.42. The lowest BCUT2D eigenvalue weighted by Gasteiger charge is -2.40. The number of rotatable bonds is 5. The van der Waals surface area contributed by atoms with E-state index in [9.17, 15) is 28.2 Å². The summed E-state index contributed by atoms with van der Waals surface area (Å²) < 4.78 is 50.1. The number of hydrogen-bond donors (Lipinski definition) is 4. The molecule has 0 bridgehead atoms. The lowest BCUT2D eigenvalue weighted by molar-refractivity contribution is -0.137. The molecular formula is C19H21F3N6O5. The van der Waals surface area contributed by atoms with Gasteiger partial charge in [-0.05, 0) is 24.3 Å². The average Bonchev–Trinajstić information content (AvgIpc) is 3.13. The number of aliphatic imine (C=N–C) groups is 2. The lowest BCUT2D eigenvalue weighted by Crippen LogP contribution is -2.63. The average molecular weight is 470 g/mol. The maximum absolute atomic E-state index is 12.9. The van der Waals surface area contributed by atoms with Crippen molar-refractivity contribution in [2.75, 3.05) is 20.3 Å². The largest absolute Gasteiger partial charge is 0.451 e. The first-order valence-electron chi connectivity index (χ1n) is 10.0. The van der Waals surface area contributed by atoms with Gasteiger partial charge in [-0.1, -0.05) is 0 Å². The van der Waals surface area contributed by atoms with Crippen LogP contribution in [-0.2, 0) is 15.7 Å². The number of nitrogens with two attached hydrogens (primary N) is 2. The number of aliphatic hydroxyl groups excluding tert-OH is 2. The normalized spacial score (nSPS) is 36.2. The zero-order valence-corrected chi connectivity index (χ0v) is 17.2. The molecule has 6 N–H and O–H groups in total. The van der Waals surface area contributed by atoms with E-state index in [1.54, 1.807) is 4.90 Å². The topological polar surface area (TPSA) is 159 Å². The molecule has 0 saturated carbocycles. The SMILES string of the molecule is COC12C(OC(=O)c3ccc(C(F)(F)F)cc3)C(CO)N3C(N)=NC(CO)C4N=C(N)N1C432. The molecule has 0 aromatic heterocycles. The molecule has 4 heterocycles. The van der Waals surface area contributed by atoms with Crippen molar-refractivity contribution in [3.8, 4) is 0 Å². The van der Waals surface area contributed by atoms with E-state index in [1.807, 2.05) is 0 Å². The molecule has 4 aliphatic heterocycles. The molecule has 2 saturated heterocycles. The summed E-state index contributed by atoms with van der Waals surface area (Å²) in [5.74, 6) is -0.888. The van der Waals surface area contributed by atoms with Crippen LogP contribution in [-0.4, -0.2) is 93.8 Å². The minimum absolute atomic E-state index is 0.0220. The molecule has 0 amide bonds. The van der Waals surface area contributed by atoms with E-state index in [0.717, 1.165) is 24.3 Å². The highest BCUT2D eigenvalue weighted by molar-refractivity contribution is 5.94. The molecule has 33 heavy (non-hydrogen) atoms. The minimum Gasteiger partial charge on any atom is -0.451 e. The quantitative estimate of drug-likeness (QED) is 0.301. The Hall–Kier alpha value is -3.10. The highest BCUT2D eigenvalue weighted by Gasteiger charge is 2.96. The Morgan fingerprint density at radius 3 is 2.36 bits per heavy atom. The van der Waals surface area contributed by atoms with Crippen LogP contribution in [0.25, 0.3) is 0 Å². The van der Waals surface area contributed by atoms with E-state index < -0.39 is 59.9 Å². The van der Waals surface area contributed by atoms with Crippen molar-refractivity contribution in [2.45, 2.75) is 41.8 Å². The number of esters is 1. The van der Waals surface area contributed by atoms with Gasteiger partial charge in [0.1, 0.15) is 12.1 Å². The van der Waals surface area contributed by atoms with Crippen LogP contribution in [0.2, 0.25) is 0 Å². The number of guanidine groups is 2. The highest BCUT2D eigenvalue weighted by Crippen LogP contribution is 2.69. The zero-order chi connectivity index (χ0) is 23.9. The van der Waals surface area contributed by atoms with E-state index in [0.29, 0.717) is 0 Å². The smallest absolute Gasteiger partial charge is 0.416 e. The van der Waals surface area contributed by atoms with Crippen molar-refractivity contribution in [3.05, 3.63) is 35.4 Å². The highest BCUT2D eigenvalue weighted by atomic mass is 19.4. The van der Waals surface area contributed by atoms with Gasteiger partial charge in [0.25, 0.3) is 0 Å². The van der Waals surface area contributed by atoms with Crippen molar-refractivity contribution in [1.29, 1.82) is 0 Å². The number of halogens is 3. The van der Waals surface area contributed by atoms with Crippen molar-refractivity contribution in [2.24, 2.45) is 21.5 Å². The lowest BCUT2D eigenvalue weighted by atomic mass is 9.94. The van der Waals surface area contributed by atoms with Crippen LogP contribution in [0.1, 0.15) is 15.9 Å². The molecule has 2 fully saturated rings. The number of nitrogens with zero attached hydrogens (tertiary/aromatic N) is 4. The number of hydrogen-bond acceptors (Lipinski definition) is 11. The summed E-state index contributed by atoms with van der Waals surface area (Å²) in [4.78, 5) is 24.6. The molecule has 4 aliphatic rings. The number of aliphatic hydroxyl groups is 2. The molecule has 6 unspecified atom stereocenters. The summed E-state index contributed by atoms with van der Waals surface area (Å²) in [6.07, 6.45) is -5.71. The van der Waals surface area contributed by atoms with Gasteiger partial charge in [0, 0.05) is 7.11 Å². The van der Waals surface area contributed by atoms with E-state index in [4.69, 9.17) is 20.9 Å². The van der Waals surface area contributed by atoms with Crippen LogP contribution in [0.4, 0.5) is 13.2 Å². The third-order valence-corrected chi connectivity index (χ3v) is 6.77. The number of benzene rings is 1. The van der Waals surface area contributed by atoms with E-state index in [2.05, 4.69) is 9.98 Å². The predicted molar refractivity (Wildman–Crippen MR) is 106 cm³/mol. The number of ether oxygens (including phenoxy) is 2. The summed E-state index contributed by atoms with van der Waals surface area (Å²) in [6.45, 7) is -0.899. The molecule has 1 aromatic rings. The summed E-state index contributed by atoms with van der Waals surface area (Å²) in [5.41, 5.74) is 8.68. The maximum Gasteiger partial charge on any atom is 0.416 e. The molecule has 1 spiro atoms. The Morgan fingerprint density at radius 1 is 1.15 bits per heavy atom. The molecule has 1 aromatic carbocycles. The van der Waals surface area contributed by atoms with Crippen LogP contribution < -0.4 is 11.5 Å². The van der Waals surface area contributed by atoms with Crippen LogP contribution >= 0.6 is 0 Å². The van der Waals surface area contributed by atoms with Crippen molar-refractivity contribution >= 4 is 17.9 Å². The standard InChI is InChI=1S/C19H21F3N6O5/c1-32-18-13(33-14(31)8-2-4-9(5-3-8)19(20,21)22)11(7-30)27-15(23)25-10(6-29)12-17(18,27)28(18)16(24)26-12/h2-5,10-13,29-30H,6-7H2,1H3,(H2,23,25)(H2,24,26). The first-order chi connectivity index (χ1) is 15.6. The number of methoxy groups -OCH3 is 1. The second-order valence-corrected chi connectivity index (χ2v) is 8.15. The third kappa shape index (κ3) is 2.42. The summed E-state index contributed by atoms with van der Waals surface area (Å²) in [5, 5.41) is 20.0. The van der Waals surface area contributed by atoms with Crippen LogP contribution in [0, 0.1) is 0 Å². The Bertz CT molecular complexity index is 1060. The fourth-order valence-electron chi connectivity index (χ4n) is 5.56. The number of alkyl halides is 3. The van der Waals surface area contributed by atoms with Crippen molar-refractivity contribution in [3.63, 3.8) is 0 Å². The van der Waals surface area contributed by atoms with E-state index in [-0.39, 0.29) is 24.1 Å². The Morgan fingerprint density at radius 2 is 1.82 bits per heavy atom. The number of carbonyl (C=O) groups is 1. The monoisotopic (exact) mass is 470 g/mol. The summed E-state index contributed by atoms with van der Waals surface area (Å²) >= 11 is 0. The molecule has 0 aliphatic carbocycles. The van der Waals surface area contributed by atoms with Gasteiger partial charge in [-0.3, -0.25) is 4.90 Å². The van der Waals surface area contributed by atoms with Crippen molar-refractivity contribution in [1.82, 2.24) is 9.80 Å². The van der Waals surface area contributed by atoms with Crippen LogP contribution in [0.3, 0.4) is 0 Å². The summed E-state index contributed by atoms with van der Waals surface area (Å²) in [6, 6.07) is 1.17. The number of fused-ring (bicyclic) bond motifs is 1. The minimum atomic E-state index is -4.55. The predicted octanol–water partition coefficient (Wildman–Crippen LogP) is -1.35. The van der Waals surface area contributed by atoms with E-state index in [1.165, 1.54) is 12.0 Å². The molecule has 6 atom stereocenters. The van der Waals surface area contributed by atoms with Crippen LogP contribution in [0.15, 0.2) is 34.3 Å². The van der Waals surface area contributed by atoms with Crippen molar-refractivity contribution < 1.29 is 37.7 Å². The van der Waals surface area contributed by atoms with Crippen LogP contribution in [0.5, 0.6) is 0 Å². The molecule has 0 radical (unpaired) electrons. The zero-order valence-electron chi connectivity index (χ0n) is 17.2. The third-order valence-electron chi connectivity index (χ3n) is 6.77. The molecule has 5 rings (SSSR count). The molecule has 14 heteroatoms. The van der Waals surface area contributed by atoms with Gasteiger partial charge >= 0.3 is 12.1 Å². The molecule has 178 valence electrons. The first-order valence-corrected chi connectivity index (χ1v) is 10.0. The van der Waals surface area contributed by atoms with Gasteiger partial charge in [0.05, 0.1) is 30.4 Å². The van der Waals surface area contributed by atoms with Gasteiger partial charge in [0.2, 0.25) is 5.72 Å². The molecular weight excluding hydrogens is 449 g/mol. The second kappa shape index (κ2) is 6.71. The molecule has 11 nitrogen and oxygen atoms in total. The first kappa shape index (κ1) is 21.7. The van der Waals surface area contributed by atoms with Gasteiger partial charge in [-0.15, -0.1) is 0 Å². The fourth-order valence-corrected chi connectivity index (χ4v) is 5.56. The summed E-state index contributed by atoms with van der Waals surface area (Å²) in [7, 11) is 1.37. The van der Waals surface area contributed by atoms with Gasteiger partial charge in [0.15, 0.2) is 23.7 Å². The Balaban J connectivity index is 1.52. The van der Waals surface area contributed by atoms with Gasteiger partial charge in [-0.2, -0.15) is 13.2 Å².